The molecule has 1 aromatic heterocycles. The predicted octanol–water partition coefficient (Wildman–Crippen LogP) is 2.90. The molecule has 148 valence electrons. The number of para-hydroxylation sites is 1. The first-order valence-electron chi connectivity index (χ1n) is 8.01. The third-order valence-corrected chi connectivity index (χ3v) is 5.19. The van der Waals surface area contributed by atoms with E-state index in [1.54, 1.807) is 30.3 Å². The van der Waals surface area contributed by atoms with E-state index in [1.165, 1.54) is 29.3 Å². The molecule has 0 fully saturated rings. The van der Waals surface area contributed by atoms with Gasteiger partial charge in [-0.25, -0.2) is 13.1 Å². The van der Waals surface area contributed by atoms with E-state index in [0.717, 1.165) is 12.1 Å². The molecule has 0 saturated carbocycles. The van der Waals surface area contributed by atoms with E-state index >= 15 is 0 Å². The van der Waals surface area contributed by atoms with Crippen LogP contribution in [0.4, 0.5) is 13.2 Å². The number of halogens is 3. The number of sulfonamides is 1. The lowest BCUT2D eigenvalue weighted by atomic mass is 10.1. The summed E-state index contributed by atoms with van der Waals surface area (Å²) < 4.78 is 69.9. The van der Waals surface area contributed by atoms with Gasteiger partial charge < -0.3 is 4.74 Å². The van der Waals surface area contributed by atoms with Crippen LogP contribution in [0.1, 0.15) is 11.6 Å². The summed E-state index contributed by atoms with van der Waals surface area (Å²) in [7, 11) is -4.36. The molecule has 0 bridgehead atoms. The van der Waals surface area contributed by atoms with Gasteiger partial charge in [0, 0.05) is 0 Å². The number of alkyl halides is 3. The van der Waals surface area contributed by atoms with Crippen LogP contribution in [0.2, 0.25) is 0 Å². The van der Waals surface area contributed by atoms with Gasteiger partial charge in [0.15, 0.2) is 0 Å². The van der Waals surface area contributed by atoms with Crippen molar-refractivity contribution in [2.45, 2.75) is 23.8 Å². The number of ether oxygens (including phenoxy) is 1. The normalized spacial score (nSPS) is 13.2. The highest BCUT2D eigenvalue weighted by molar-refractivity contribution is 7.89. The molecule has 7 nitrogen and oxygen atoms in total. The largest absolute Gasteiger partial charge is 0.573 e. The van der Waals surface area contributed by atoms with E-state index < -0.39 is 33.1 Å². The molecule has 11 heteroatoms. The second-order valence-electron chi connectivity index (χ2n) is 5.66. The maximum absolute atomic E-state index is 12.8. The summed E-state index contributed by atoms with van der Waals surface area (Å²) in [5.74, 6) is -0.813. The maximum Gasteiger partial charge on any atom is 0.573 e. The van der Waals surface area contributed by atoms with Crippen molar-refractivity contribution < 1.29 is 26.3 Å². The van der Waals surface area contributed by atoms with Crippen LogP contribution in [0.25, 0.3) is 0 Å². The molecule has 1 heterocycles. The Hall–Kier alpha value is -2.92. The monoisotopic (exact) mass is 412 g/mol. The molecule has 3 rings (SSSR count). The molecule has 2 aromatic carbocycles. The minimum absolute atomic E-state index is 0.0402. The van der Waals surface area contributed by atoms with Crippen LogP contribution in [-0.2, 0) is 16.6 Å². The third-order valence-electron chi connectivity index (χ3n) is 3.68. The minimum atomic E-state index is -5.02. The third kappa shape index (κ3) is 5.08. The number of hydrogen-bond acceptors (Lipinski definition) is 5. The number of benzene rings is 2. The van der Waals surface area contributed by atoms with Crippen LogP contribution >= 0.6 is 0 Å². The number of nitrogens with zero attached hydrogens (tertiary/aromatic N) is 3. The van der Waals surface area contributed by atoms with Crippen LogP contribution in [0.3, 0.4) is 0 Å². The second-order valence-corrected chi connectivity index (χ2v) is 7.35. The Balaban J connectivity index is 1.94. The Morgan fingerprint density at radius 2 is 1.61 bits per heavy atom. The Morgan fingerprint density at radius 3 is 2.25 bits per heavy atom. The zero-order valence-electron chi connectivity index (χ0n) is 14.2. The lowest BCUT2D eigenvalue weighted by Gasteiger charge is -2.20. The van der Waals surface area contributed by atoms with Gasteiger partial charge in [-0.1, -0.05) is 42.5 Å². The van der Waals surface area contributed by atoms with Gasteiger partial charge in [0.1, 0.15) is 10.6 Å². The van der Waals surface area contributed by atoms with Crippen molar-refractivity contribution in [2.75, 3.05) is 0 Å². The van der Waals surface area contributed by atoms with Crippen LogP contribution in [-0.4, -0.2) is 29.8 Å². The van der Waals surface area contributed by atoms with Gasteiger partial charge in [0.05, 0.1) is 25.0 Å². The van der Waals surface area contributed by atoms with Gasteiger partial charge in [-0.15, -0.1) is 13.2 Å². The molecule has 0 saturated heterocycles. The Labute approximate surface area is 158 Å². The first-order chi connectivity index (χ1) is 13.2. The maximum atomic E-state index is 12.8. The predicted molar refractivity (Wildman–Crippen MR) is 92.7 cm³/mol. The molecule has 1 N–H and O–H groups in total. The van der Waals surface area contributed by atoms with Gasteiger partial charge in [-0.2, -0.15) is 15.0 Å². The Kier molecular flexibility index (Phi) is 5.66. The highest BCUT2D eigenvalue weighted by Gasteiger charge is 2.34. The molecule has 0 amide bonds. The summed E-state index contributed by atoms with van der Waals surface area (Å²) >= 11 is 0. The van der Waals surface area contributed by atoms with Crippen LogP contribution in [0, 0.1) is 0 Å². The summed E-state index contributed by atoms with van der Waals surface area (Å²) in [6, 6.07) is 12.3. The first kappa shape index (κ1) is 19.8. The molecule has 0 aliphatic heterocycles. The highest BCUT2D eigenvalue weighted by Crippen LogP contribution is 2.30. The van der Waals surface area contributed by atoms with Crippen LogP contribution < -0.4 is 9.46 Å². The average molecular weight is 412 g/mol. The van der Waals surface area contributed by atoms with Gasteiger partial charge in [-0.3, -0.25) is 0 Å². The quantitative estimate of drug-likeness (QED) is 0.645. The van der Waals surface area contributed by atoms with Gasteiger partial charge in [0.25, 0.3) is 0 Å². The van der Waals surface area contributed by atoms with Crippen molar-refractivity contribution in [3.8, 4) is 5.75 Å². The molecule has 0 radical (unpaired) electrons. The zero-order valence-corrected chi connectivity index (χ0v) is 15.1. The van der Waals surface area contributed by atoms with Crippen molar-refractivity contribution in [2.24, 2.45) is 0 Å². The lowest BCUT2D eigenvalue weighted by molar-refractivity contribution is -0.275. The highest BCUT2D eigenvalue weighted by atomic mass is 32.2. The standard InChI is InChI=1S/C17H15F3N4O3S/c18-17(19,20)27-15-8-4-5-9-16(15)28(25,26)23-14(12-24-21-10-11-22-24)13-6-2-1-3-7-13/h1-11,14,23H,12H2. The van der Waals surface area contributed by atoms with Crippen molar-refractivity contribution >= 4 is 10.0 Å². The van der Waals surface area contributed by atoms with E-state index in [1.807, 2.05) is 0 Å². The number of rotatable bonds is 7. The fourth-order valence-corrected chi connectivity index (χ4v) is 3.87. The zero-order chi connectivity index (χ0) is 20.2. The molecular formula is C17H15F3N4O3S. The number of aromatic nitrogens is 3. The van der Waals surface area contributed by atoms with Crippen molar-refractivity contribution in [3.63, 3.8) is 0 Å². The van der Waals surface area contributed by atoms with Crippen LogP contribution in [0.5, 0.6) is 5.75 Å². The molecule has 1 atom stereocenters. The Morgan fingerprint density at radius 1 is 1.00 bits per heavy atom. The van der Waals surface area contributed by atoms with Gasteiger partial charge in [-0.05, 0) is 17.7 Å². The smallest absolute Gasteiger partial charge is 0.404 e. The molecule has 28 heavy (non-hydrogen) atoms. The van der Waals surface area contributed by atoms with Gasteiger partial charge >= 0.3 is 6.36 Å². The molecule has 0 aliphatic rings. The SMILES string of the molecule is O=S(=O)(NC(Cn1nccn1)c1ccccc1)c1ccccc1OC(F)(F)F. The van der Waals surface area contributed by atoms with Crippen molar-refractivity contribution in [3.05, 3.63) is 72.6 Å². The minimum Gasteiger partial charge on any atom is -0.404 e. The number of hydrogen-bond donors (Lipinski definition) is 1. The van der Waals surface area contributed by atoms with E-state index in [0.29, 0.717) is 5.56 Å². The fraction of sp³-hybridized carbons (Fsp3) is 0.176. The summed E-state index contributed by atoms with van der Waals surface area (Å²) in [4.78, 5) is 0.653. The van der Waals surface area contributed by atoms with E-state index in [4.69, 9.17) is 0 Å². The summed E-state index contributed by atoms with van der Waals surface area (Å²) in [5, 5.41) is 7.90. The topological polar surface area (TPSA) is 86.1 Å². The van der Waals surface area contributed by atoms with Crippen molar-refractivity contribution in [1.82, 2.24) is 19.7 Å². The Bertz CT molecular complexity index is 1010. The summed E-state index contributed by atoms with van der Waals surface area (Å²) in [6.07, 6.45) is -2.16. The van der Waals surface area contributed by atoms with E-state index in [-0.39, 0.29) is 6.54 Å². The van der Waals surface area contributed by atoms with Gasteiger partial charge in [0.2, 0.25) is 10.0 Å². The summed E-state index contributed by atoms with van der Waals surface area (Å²) in [6.45, 7) is 0.0402. The summed E-state index contributed by atoms with van der Waals surface area (Å²) in [5.41, 5.74) is 0.595. The van der Waals surface area contributed by atoms with E-state index in [9.17, 15) is 21.6 Å². The molecule has 0 aliphatic carbocycles. The first-order valence-corrected chi connectivity index (χ1v) is 9.49. The second kappa shape index (κ2) is 7.98. The average Bonchev–Trinajstić information content (AvgIpc) is 3.14. The molecule has 3 aromatic rings. The lowest BCUT2D eigenvalue weighted by Crippen LogP contribution is -2.32. The van der Waals surface area contributed by atoms with Crippen LogP contribution in [0.15, 0.2) is 71.9 Å². The van der Waals surface area contributed by atoms with E-state index in [2.05, 4.69) is 19.7 Å². The van der Waals surface area contributed by atoms with Crippen molar-refractivity contribution in [1.29, 1.82) is 0 Å². The molecular weight excluding hydrogens is 397 g/mol. The molecule has 0 spiro atoms. The molecule has 1 unspecified atom stereocenters. The fourth-order valence-electron chi connectivity index (χ4n) is 2.53. The number of nitrogens with one attached hydrogen (secondary N) is 1.